The van der Waals surface area contributed by atoms with Crippen LogP contribution in [0.2, 0.25) is 0 Å². The van der Waals surface area contributed by atoms with Crippen LogP contribution < -0.4 is 5.32 Å². The van der Waals surface area contributed by atoms with E-state index in [1.54, 1.807) is 37.7 Å². The van der Waals surface area contributed by atoms with Gasteiger partial charge in [-0.15, -0.1) is 0 Å². The molecule has 1 saturated heterocycles. The van der Waals surface area contributed by atoms with Crippen molar-refractivity contribution in [2.75, 3.05) is 11.9 Å². The number of aromatic nitrogens is 4. The number of carbonyl (C=O) groups is 1. The quantitative estimate of drug-likeness (QED) is 0.653. The average molecular weight is 441 g/mol. The van der Waals surface area contributed by atoms with Gasteiger partial charge in [0.15, 0.2) is 0 Å². The third-order valence-electron chi connectivity index (χ3n) is 5.55. The van der Waals surface area contributed by atoms with E-state index in [9.17, 15) is 13.2 Å². The fourth-order valence-corrected chi connectivity index (χ4v) is 5.58. The van der Waals surface area contributed by atoms with Gasteiger partial charge in [0.05, 0.1) is 29.2 Å². The molecule has 2 aromatic heterocycles. The van der Waals surface area contributed by atoms with E-state index in [1.807, 2.05) is 18.2 Å². The summed E-state index contributed by atoms with van der Waals surface area (Å²) in [6.45, 7) is 3.84. The first-order valence-electron chi connectivity index (χ1n) is 9.99. The maximum Gasteiger partial charge on any atom is 0.259 e. The van der Waals surface area contributed by atoms with Gasteiger partial charge in [-0.1, -0.05) is 18.2 Å². The molecule has 0 bridgehead atoms. The van der Waals surface area contributed by atoms with Crippen molar-refractivity contribution in [3.8, 4) is 0 Å². The average Bonchev–Trinajstić information content (AvgIpc) is 3.37. The lowest BCUT2D eigenvalue weighted by atomic mass is 10.2. The number of sulfonamides is 1. The Bertz CT molecular complexity index is 1220. The normalized spacial score (nSPS) is 17.1. The molecule has 4 rings (SSSR count). The van der Waals surface area contributed by atoms with Crippen LogP contribution in [0.15, 0.2) is 47.6 Å². The van der Waals surface area contributed by atoms with Crippen molar-refractivity contribution in [1.82, 2.24) is 24.1 Å². The maximum absolute atomic E-state index is 13.3. The second kappa shape index (κ2) is 8.20. The van der Waals surface area contributed by atoms with E-state index in [0.29, 0.717) is 47.8 Å². The number of anilines is 1. The molecule has 0 saturated carbocycles. The number of carbonyl (C=O) groups excluding carboxylic acids is 1. The summed E-state index contributed by atoms with van der Waals surface area (Å²) in [5.41, 5.74) is 2.11. The fourth-order valence-electron chi connectivity index (χ4n) is 3.73. The number of para-hydroxylation sites is 1. The van der Waals surface area contributed by atoms with E-state index < -0.39 is 16.1 Å². The Balaban J connectivity index is 1.60. The molecule has 1 aromatic carbocycles. The van der Waals surface area contributed by atoms with Gasteiger partial charge in [-0.05, 0) is 38.8 Å². The molecule has 10 heteroatoms. The highest BCUT2D eigenvalue weighted by atomic mass is 32.2. The van der Waals surface area contributed by atoms with Crippen molar-refractivity contribution >= 4 is 21.6 Å². The predicted molar refractivity (Wildman–Crippen MR) is 115 cm³/mol. The van der Waals surface area contributed by atoms with E-state index in [4.69, 9.17) is 0 Å². The molecule has 0 spiro atoms. The van der Waals surface area contributed by atoms with Gasteiger partial charge >= 0.3 is 0 Å². The molecule has 162 valence electrons. The largest absolute Gasteiger partial charge is 0.322 e. The van der Waals surface area contributed by atoms with E-state index in [-0.39, 0.29) is 10.8 Å². The van der Waals surface area contributed by atoms with Gasteiger partial charge < -0.3 is 5.32 Å². The molecule has 1 amide bonds. The second-order valence-corrected chi connectivity index (χ2v) is 9.40. The van der Waals surface area contributed by atoms with Crippen LogP contribution in [-0.4, -0.2) is 44.9 Å². The predicted octanol–water partition coefficient (Wildman–Crippen LogP) is 2.61. The first-order chi connectivity index (χ1) is 14.8. The number of amides is 1. The first-order valence-corrected chi connectivity index (χ1v) is 11.4. The minimum absolute atomic E-state index is 0.192. The van der Waals surface area contributed by atoms with Crippen LogP contribution in [0, 0.1) is 13.8 Å². The van der Waals surface area contributed by atoms with Crippen molar-refractivity contribution in [3.05, 3.63) is 65.5 Å². The highest BCUT2D eigenvalue weighted by Crippen LogP contribution is 2.35. The Labute approximate surface area is 181 Å². The number of aryl methyl sites for hydroxylation is 2. The number of nitrogens with zero attached hydrogens (tertiary/aromatic N) is 5. The topological polar surface area (TPSA) is 110 Å². The van der Waals surface area contributed by atoms with Crippen LogP contribution in [0.25, 0.3) is 0 Å². The molecular weight excluding hydrogens is 416 g/mol. The molecule has 3 heterocycles. The number of nitrogens with one attached hydrogen (secondary N) is 1. The first kappa shape index (κ1) is 21.1. The van der Waals surface area contributed by atoms with Gasteiger partial charge in [0.25, 0.3) is 5.91 Å². The van der Waals surface area contributed by atoms with Crippen LogP contribution in [0.4, 0.5) is 5.69 Å². The third kappa shape index (κ3) is 3.96. The highest BCUT2D eigenvalue weighted by Gasteiger charge is 2.39. The minimum Gasteiger partial charge on any atom is -0.322 e. The molecule has 9 nitrogen and oxygen atoms in total. The zero-order valence-corrected chi connectivity index (χ0v) is 18.4. The van der Waals surface area contributed by atoms with Crippen molar-refractivity contribution in [2.45, 2.75) is 37.6 Å². The lowest BCUT2D eigenvalue weighted by Crippen LogP contribution is -2.32. The van der Waals surface area contributed by atoms with Crippen molar-refractivity contribution in [2.24, 2.45) is 7.05 Å². The molecule has 0 unspecified atom stereocenters. The van der Waals surface area contributed by atoms with Gasteiger partial charge in [0.1, 0.15) is 10.7 Å². The summed E-state index contributed by atoms with van der Waals surface area (Å²) < 4.78 is 29.5. The molecule has 1 atom stereocenters. The fraction of sp³-hybridized carbons (Fsp3) is 0.333. The zero-order valence-electron chi connectivity index (χ0n) is 17.6. The summed E-state index contributed by atoms with van der Waals surface area (Å²) in [5, 5.41) is 6.88. The van der Waals surface area contributed by atoms with Crippen molar-refractivity contribution in [1.29, 1.82) is 0 Å². The Hall–Kier alpha value is -3.11. The Morgan fingerprint density at radius 1 is 1.16 bits per heavy atom. The highest BCUT2D eigenvalue weighted by molar-refractivity contribution is 7.89. The van der Waals surface area contributed by atoms with Crippen LogP contribution in [-0.2, 0) is 17.1 Å². The van der Waals surface area contributed by atoms with E-state index in [2.05, 4.69) is 20.4 Å². The number of benzene rings is 1. The van der Waals surface area contributed by atoms with Crippen LogP contribution >= 0.6 is 0 Å². The summed E-state index contributed by atoms with van der Waals surface area (Å²) in [7, 11) is -2.03. The molecule has 1 aliphatic rings. The third-order valence-corrected chi connectivity index (χ3v) is 7.56. The summed E-state index contributed by atoms with van der Waals surface area (Å²) in [4.78, 5) is 21.7. The molecule has 1 fully saturated rings. The van der Waals surface area contributed by atoms with E-state index >= 15 is 0 Å². The molecule has 0 radical (unpaired) electrons. The lowest BCUT2D eigenvalue weighted by Gasteiger charge is -2.23. The van der Waals surface area contributed by atoms with Crippen LogP contribution in [0.1, 0.15) is 46.5 Å². The molecule has 3 aromatic rings. The number of rotatable bonds is 5. The molecule has 31 heavy (non-hydrogen) atoms. The second-order valence-electron chi connectivity index (χ2n) is 7.54. The molecule has 0 aliphatic carbocycles. The van der Waals surface area contributed by atoms with E-state index in [1.165, 1.54) is 16.7 Å². The van der Waals surface area contributed by atoms with Gasteiger partial charge in [-0.3, -0.25) is 9.48 Å². The lowest BCUT2D eigenvalue weighted by molar-refractivity contribution is 0.102. The smallest absolute Gasteiger partial charge is 0.259 e. The summed E-state index contributed by atoms with van der Waals surface area (Å²) >= 11 is 0. The van der Waals surface area contributed by atoms with Gasteiger partial charge in [-0.25, -0.2) is 18.4 Å². The van der Waals surface area contributed by atoms with Crippen LogP contribution in [0.5, 0.6) is 0 Å². The van der Waals surface area contributed by atoms with Crippen LogP contribution in [0.3, 0.4) is 0 Å². The summed E-state index contributed by atoms with van der Waals surface area (Å²) in [5.74, 6) is 0.0912. The molecule has 1 N–H and O–H groups in total. The Kier molecular flexibility index (Phi) is 5.59. The molecular formula is C21H24N6O3S. The van der Waals surface area contributed by atoms with E-state index in [0.717, 1.165) is 0 Å². The van der Waals surface area contributed by atoms with Gasteiger partial charge in [-0.2, -0.15) is 9.40 Å². The Morgan fingerprint density at radius 2 is 1.90 bits per heavy atom. The number of hydrogen-bond donors (Lipinski definition) is 1. The number of hydrogen-bond acceptors (Lipinski definition) is 6. The standard InChI is InChI=1S/C21H24N6O3S/c1-14-17(21(28)25-16-8-5-4-6-9-16)12-22-20(24-14)18-10-7-11-27(18)31(29,30)19-13-23-26(3)15(19)2/h4-6,8-9,12-13,18H,7,10-11H2,1-3H3,(H,25,28)/t18-/m0/s1. The van der Waals surface area contributed by atoms with Gasteiger partial charge in [0.2, 0.25) is 10.0 Å². The minimum atomic E-state index is -3.74. The zero-order chi connectivity index (χ0) is 22.2. The van der Waals surface area contributed by atoms with Crippen molar-refractivity contribution < 1.29 is 13.2 Å². The summed E-state index contributed by atoms with van der Waals surface area (Å²) in [6.07, 6.45) is 4.17. The summed E-state index contributed by atoms with van der Waals surface area (Å²) in [6, 6.07) is 8.65. The molecule has 1 aliphatic heterocycles. The van der Waals surface area contributed by atoms with Crippen molar-refractivity contribution in [3.63, 3.8) is 0 Å². The maximum atomic E-state index is 13.3. The monoisotopic (exact) mass is 440 g/mol. The van der Waals surface area contributed by atoms with Gasteiger partial charge in [0, 0.05) is 25.5 Å². The Morgan fingerprint density at radius 3 is 2.55 bits per heavy atom. The SMILES string of the molecule is Cc1nc([C@@H]2CCCN2S(=O)(=O)c2cnn(C)c2C)ncc1C(=O)Nc1ccccc1.